The van der Waals surface area contributed by atoms with E-state index < -0.39 is 0 Å². The van der Waals surface area contributed by atoms with Gasteiger partial charge in [-0.3, -0.25) is 14.7 Å². The number of amides is 1. The number of aromatic nitrogens is 1. The van der Waals surface area contributed by atoms with E-state index in [2.05, 4.69) is 46.4 Å². The minimum atomic E-state index is -0.0331. The minimum Gasteiger partial charge on any atom is -0.454 e. The van der Waals surface area contributed by atoms with Crippen molar-refractivity contribution in [2.75, 3.05) is 18.4 Å². The van der Waals surface area contributed by atoms with Gasteiger partial charge in [0.05, 0.1) is 17.8 Å². The van der Waals surface area contributed by atoms with Gasteiger partial charge in [0, 0.05) is 19.3 Å². The summed E-state index contributed by atoms with van der Waals surface area (Å²) in [4.78, 5) is 19.5. The Balaban J connectivity index is 1.41. The Morgan fingerprint density at radius 2 is 1.97 bits per heavy atom. The Morgan fingerprint density at radius 1 is 1.13 bits per heavy atom. The lowest BCUT2D eigenvalue weighted by atomic mass is 9.96. The number of para-hydroxylation sites is 2. The van der Waals surface area contributed by atoms with Crippen LogP contribution in [0.5, 0.6) is 11.5 Å². The van der Waals surface area contributed by atoms with Crippen molar-refractivity contribution in [3.8, 4) is 11.5 Å². The first-order valence-corrected chi connectivity index (χ1v) is 10.4. The number of nitrogens with one attached hydrogen (secondary N) is 1. The van der Waals surface area contributed by atoms with E-state index in [1.54, 1.807) is 12.4 Å². The standard InChI is InChI=1S/C25H27N3O2/c1-19-8-2-3-9-20(19)17-28-15-7-10-21(18-28)25(29)27-23-12-4-5-13-24(23)30-22-11-6-14-26-16-22/h2-6,8-9,11-14,16,21H,7,10,15,17-18H2,1H3,(H,27,29)/t21-/m0/s1. The lowest BCUT2D eigenvalue weighted by Crippen LogP contribution is -2.40. The number of nitrogens with zero attached hydrogens (tertiary/aromatic N) is 2. The molecule has 1 N–H and O–H groups in total. The normalized spacial score (nSPS) is 16.8. The Morgan fingerprint density at radius 3 is 2.80 bits per heavy atom. The number of anilines is 1. The van der Waals surface area contributed by atoms with Crippen molar-refractivity contribution in [2.24, 2.45) is 5.92 Å². The third-order valence-corrected chi connectivity index (χ3v) is 5.54. The zero-order valence-corrected chi connectivity index (χ0v) is 17.3. The van der Waals surface area contributed by atoms with Gasteiger partial charge in [0.2, 0.25) is 5.91 Å². The molecule has 4 rings (SSSR count). The Labute approximate surface area is 177 Å². The largest absolute Gasteiger partial charge is 0.454 e. The number of hydrogen-bond acceptors (Lipinski definition) is 4. The van der Waals surface area contributed by atoms with Gasteiger partial charge in [0.15, 0.2) is 5.75 Å². The first-order chi connectivity index (χ1) is 14.7. The maximum absolute atomic E-state index is 13.0. The van der Waals surface area contributed by atoms with Crippen molar-refractivity contribution < 1.29 is 9.53 Å². The first kappa shape index (κ1) is 20.1. The summed E-state index contributed by atoms with van der Waals surface area (Å²) in [6.45, 7) is 4.82. The zero-order chi connectivity index (χ0) is 20.8. The number of rotatable bonds is 6. The fraction of sp³-hybridized carbons (Fsp3) is 0.280. The van der Waals surface area contributed by atoms with Gasteiger partial charge >= 0.3 is 0 Å². The lowest BCUT2D eigenvalue weighted by Gasteiger charge is -2.32. The van der Waals surface area contributed by atoms with Crippen molar-refractivity contribution in [2.45, 2.75) is 26.3 Å². The lowest BCUT2D eigenvalue weighted by molar-refractivity contribution is -0.121. The third-order valence-electron chi connectivity index (χ3n) is 5.54. The molecule has 1 aliphatic rings. The van der Waals surface area contributed by atoms with Crippen LogP contribution in [0.25, 0.3) is 0 Å². The highest BCUT2D eigenvalue weighted by atomic mass is 16.5. The molecule has 0 unspecified atom stereocenters. The second-order valence-electron chi connectivity index (χ2n) is 7.78. The molecule has 2 heterocycles. The first-order valence-electron chi connectivity index (χ1n) is 10.4. The van der Waals surface area contributed by atoms with Gasteiger partial charge in [-0.05, 0) is 61.7 Å². The molecule has 0 saturated carbocycles. The maximum Gasteiger partial charge on any atom is 0.228 e. The van der Waals surface area contributed by atoms with Crippen LogP contribution < -0.4 is 10.1 Å². The molecular formula is C25H27N3O2. The summed E-state index contributed by atoms with van der Waals surface area (Å²) >= 11 is 0. The molecule has 1 amide bonds. The van der Waals surface area contributed by atoms with E-state index in [9.17, 15) is 4.79 Å². The summed E-state index contributed by atoms with van der Waals surface area (Å²) in [7, 11) is 0. The van der Waals surface area contributed by atoms with Gasteiger partial charge in [-0.1, -0.05) is 36.4 Å². The third kappa shape index (κ3) is 5.05. The number of likely N-dealkylation sites (tertiary alicyclic amines) is 1. The number of carbonyl (C=O) groups is 1. The van der Waals surface area contributed by atoms with Gasteiger partial charge in [-0.15, -0.1) is 0 Å². The second-order valence-corrected chi connectivity index (χ2v) is 7.78. The minimum absolute atomic E-state index is 0.0331. The summed E-state index contributed by atoms with van der Waals surface area (Å²) in [6.07, 6.45) is 5.29. The predicted molar refractivity (Wildman–Crippen MR) is 119 cm³/mol. The van der Waals surface area contributed by atoms with Crippen LogP contribution in [-0.2, 0) is 11.3 Å². The summed E-state index contributed by atoms with van der Waals surface area (Å²) in [5.41, 5.74) is 3.31. The van der Waals surface area contributed by atoms with E-state index in [0.717, 1.165) is 32.5 Å². The molecule has 0 spiro atoms. The molecule has 5 nitrogen and oxygen atoms in total. The van der Waals surface area contributed by atoms with Crippen molar-refractivity contribution >= 4 is 11.6 Å². The van der Waals surface area contributed by atoms with E-state index in [4.69, 9.17) is 4.74 Å². The van der Waals surface area contributed by atoms with Gasteiger partial charge in [0.25, 0.3) is 0 Å². The topological polar surface area (TPSA) is 54.5 Å². The number of hydrogen-bond donors (Lipinski definition) is 1. The number of pyridine rings is 1. The molecular weight excluding hydrogens is 374 g/mol. The fourth-order valence-corrected chi connectivity index (χ4v) is 3.87. The number of benzene rings is 2. The Bertz CT molecular complexity index is 990. The van der Waals surface area contributed by atoms with Gasteiger partial charge in [-0.2, -0.15) is 0 Å². The number of carbonyl (C=O) groups excluding carboxylic acids is 1. The van der Waals surface area contributed by atoms with Crippen LogP contribution in [0.2, 0.25) is 0 Å². The summed E-state index contributed by atoms with van der Waals surface area (Å²) in [6, 6.07) is 19.6. The SMILES string of the molecule is Cc1ccccc1CN1CCC[C@H](C(=O)Nc2ccccc2Oc2cccnc2)C1. The summed E-state index contributed by atoms with van der Waals surface area (Å²) < 4.78 is 5.92. The molecule has 30 heavy (non-hydrogen) atoms. The zero-order valence-electron chi connectivity index (χ0n) is 17.3. The highest BCUT2D eigenvalue weighted by Gasteiger charge is 2.26. The molecule has 1 aliphatic heterocycles. The van der Waals surface area contributed by atoms with Crippen LogP contribution in [0.15, 0.2) is 73.1 Å². The Hall–Kier alpha value is -3.18. The molecule has 5 heteroatoms. The summed E-state index contributed by atoms with van der Waals surface area (Å²) in [5, 5.41) is 3.09. The number of aryl methyl sites for hydroxylation is 1. The average molecular weight is 402 g/mol. The van der Waals surface area contributed by atoms with E-state index in [0.29, 0.717) is 17.2 Å². The van der Waals surface area contributed by atoms with Gasteiger partial charge in [-0.25, -0.2) is 0 Å². The smallest absolute Gasteiger partial charge is 0.228 e. The number of piperidine rings is 1. The molecule has 1 aromatic heterocycles. The van der Waals surface area contributed by atoms with Crippen LogP contribution in [0.3, 0.4) is 0 Å². The van der Waals surface area contributed by atoms with Crippen molar-refractivity contribution in [1.82, 2.24) is 9.88 Å². The van der Waals surface area contributed by atoms with E-state index in [-0.39, 0.29) is 11.8 Å². The van der Waals surface area contributed by atoms with Crippen molar-refractivity contribution in [3.05, 3.63) is 84.2 Å². The van der Waals surface area contributed by atoms with Crippen LogP contribution >= 0.6 is 0 Å². The van der Waals surface area contributed by atoms with Crippen LogP contribution in [0.4, 0.5) is 5.69 Å². The molecule has 1 fully saturated rings. The monoisotopic (exact) mass is 401 g/mol. The molecule has 0 aliphatic carbocycles. The quantitative estimate of drug-likeness (QED) is 0.629. The summed E-state index contributed by atoms with van der Waals surface area (Å²) in [5.74, 6) is 1.27. The van der Waals surface area contributed by atoms with E-state index >= 15 is 0 Å². The molecule has 0 bridgehead atoms. The van der Waals surface area contributed by atoms with Gasteiger partial charge < -0.3 is 10.1 Å². The average Bonchev–Trinajstić information content (AvgIpc) is 2.78. The highest BCUT2D eigenvalue weighted by Crippen LogP contribution is 2.30. The molecule has 0 radical (unpaired) electrons. The Kier molecular flexibility index (Phi) is 6.40. The van der Waals surface area contributed by atoms with E-state index in [1.807, 2.05) is 36.4 Å². The predicted octanol–water partition coefficient (Wildman–Crippen LogP) is 5.03. The van der Waals surface area contributed by atoms with Crippen LogP contribution in [0, 0.1) is 12.8 Å². The fourth-order valence-electron chi connectivity index (χ4n) is 3.87. The number of ether oxygens (including phenoxy) is 1. The van der Waals surface area contributed by atoms with Crippen LogP contribution in [-0.4, -0.2) is 28.9 Å². The molecule has 2 aromatic carbocycles. The molecule has 1 saturated heterocycles. The maximum atomic E-state index is 13.0. The highest BCUT2D eigenvalue weighted by molar-refractivity contribution is 5.94. The molecule has 1 atom stereocenters. The second kappa shape index (κ2) is 9.55. The van der Waals surface area contributed by atoms with Gasteiger partial charge in [0.1, 0.15) is 5.75 Å². The molecule has 154 valence electrons. The van der Waals surface area contributed by atoms with E-state index in [1.165, 1.54) is 11.1 Å². The molecule has 3 aromatic rings. The van der Waals surface area contributed by atoms with Crippen molar-refractivity contribution in [3.63, 3.8) is 0 Å². The van der Waals surface area contributed by atoms with Crippen molar-refractivity contribution in [1.29, 1.82) is 0 Å². The van der Waals surface area contributed by atoms with Crippen LogP contribution in [0.1, 0.15) is 24.0 Å².